The second-order valence-electron chi connectivity index (χ2n) is 5.04. The zero-order valence-corrected chi connectivity index (χ0v) is 10.4. The number of amides is 1. The van der Waals surface area contributed by atoms with Gasteiger partial charge in [-0.3, -0.25) is 0 Å². The van der Waals surface area contributed by atoms with Crippen molar-refractivity contribution in [2.75, 3.05) is 19.7 Å². The summed E-state index contributed by atoms with van der Waals surface area (Å²) in [4.78, 5) is 23.3. The first kappa shape index (κ1) is 13.8. The quantitative estimate of drug-likeness (QED) is 0.753. The van der Waals surface area contributed by atoms with E-state index in [-0.39, 0.29) is 12.7 Å². The number of carbonyl (C=O) groups is 2. The highest BCUT2D eigenvalue weighted by atomic mass is 16.6. The van der Waals surface area contributed by atoms with Gasteiger partial charge in [0.2, 0.25) is 0 Å². The molecule has 0 aliphatic carbocycles. The van der Waals surface area contributed by atoms with Crippen LogP contribution in [-0.4, -0.2) is 53.5 Å². The van der Waals surface area contributed by atoms with Crippen LogP contribution >= 0.6 is 0 Å². The monoisotopic (exact) mass is 245 g/mol. The average Bonchev–Trinajstić information content (AvgIpc) is 2.60. The van der Waals surface area contributed by atoms with Gasteiger partial charge >= 0.3 is 12.1 Å². The van der Waals surface area contributed by atoms with E-state index in [2.05, 4.69) is 0 Å². The van der Waals surface area contributed by atoms with E-state index in [1.807, 2.05) is 0 Å². The summed E-state index contributed by atoms with van der Waals surface area (Å²) in [5, 5.41) is 8.74. The third kappa shape index (κ3) is 5.04. The molecule has 1 atom stereocenters. The molecule has 98 valence electrons. The Hall–Kier alpha value is -1.30. The van der Waals surface area contributed by atoms with Crippen LogP contribution in [0.1, 0.15) is 27.2 Å². The number of hydrogen-bond donors (Lipinski definition) is 1. The molecule has 1 N–H and O–H groups in total. The summed E-state index contributed by atoms with van der Waals surface area (Å²) in [6.07, 6.45) is -0.540. The van der Waals surface area contributed by atoms with E-state index in [0.717, 1.165) is 0 Å². The number of esters is 1. The standard InChI is InChI=1S/C11H19NO5/c1-11(2,3)17-9(13)7-16-8-4-5-12(6-8)10(14)15/h8H,4-7H2,1-3H3,(H,14,15)/t8-/m1/s1. The molecule has 0 bridgehead atoms. The molecule has 1 fully saturated rings. The Morgan fingerprint density at radius 2 is 2.06 bits per heavy atom. The number of carbonyl (C=O) groups excluding carboxylic acids is 1. The highest BCUT2D eigenvalue weighted by molar-refractivity contribution is 5.71. The minimum absolute atomic E-state index is 0.130. The number of ether oxygens (including phenoxy) is 2. The van der Waals surface area contributed by atoms with Crippen LogP contribution in [0.2, 0.25) is 0 Å². The first-order valence-corrected chi connectivity index (χ1v) is 5.59. The molecule has 1 amide bonds. The van der Waals surface area contributed by atoms with Crippen LogP contribution in [-0.2, 0) is 14.3 Å². The van der Waals surface area contributed by atoms with Crippen LogP contribution in [0.25, 0.3) is 0 Å². The molecule has 0 radical (unpaired) electrons. The second kappa shape index (κ2) is 5.35. The predicted octanol–water partition coefficient (Wildman–Crippen LogP) is 1.10. The van der Waals surface area contributed by atoms with Crippen molar-refractivity contribution < 1.29 is 24.2 Å². The van der Waals surface area contributed by atoms with Crippen LogP contribution < -0.4 is 0 Å². The summed E-state index contributed by atoms with van der Waals surface area (Å²) >= 11 is 0. The number of likely N-dealkylation sites (tertiary alicyclic amines) is 1. The van der Waals surface area contributed by atoms with E-state index in [1.165, 1.54) is 4.90 Å². The van der Waals surface area contributed by atoms with E-state index < -0.39 is 17.7 Å². The molecule has 1 heterocycles. The zero-order chi connectivity index (χ0) is 13.1. The first-order chi connectivity index (χ1) is 7.78. The Kier molecular flexibility index (Phi) is 4.34. The molecule has 6 nitrogen and oxygen atoms in total. The predicted molar refractivity (Wildman–Crippen MR) is 59.8 cm³/mol. The van der Waals surface area contributed by atoms with Crippen molar-refractivity contribution in [3.05, 3.63) is 0 Å². The van der Waals surface area contributed by atoms with Gasteiger partial charge in [0.05, 0.1) is 12.6 Å². The molecule has 1 saturated heterocycles. The molecule has 6 heteroatoms. The number of nitrogens with zero attached hydrogens (tertiary/aromatic N) is 1. The Morgan fingerprint density at radius 1 is 1.41 bits per heavy atom. The van der Waals surface area contributed by atoms with E-state index >= 15 is 0 Å². The first-order valence-electron chi connectivity index (χ1n) is 5.59. The van der Waals surface area contributed by atoms with Crippen molar-refractivity contribution in [3.63, 3.8) is 0 Å². The minimum atomic E-state index is -0.951. The molecular formula is C11H19NO5. The SMILES string of the molecule is CC(C)(C)OC(=O)CO[C@@H]1CCN(C(=O)O)C1. The molecule has 0 aromatic heterocycles. The molecule has 1 aliphatic rings. The van der Waals surface area contributed by atoms with Gasteiger partial charge in [-0.2, -0.15) is 0 Å². The lowest BCUT2D eigenvalue weighted by Crippen LogP contribution is -2.31. The van der Waals surface area contributed by atoms with Crippen molar-refractivity contribution >= 4 is 12.1 Å². The fourth-order valence-corrected chi connectivity index (χ4v) is 1.59. The van der Waals surface area contributed by atoms with Crippen LogP contribution in [0.3, 0.4) is 0 Å². The summed E-state index contributed by atoms with van der Waals surface area (Å²) in [5.41, 5.74) is -0.525. The maximum absolute atomic E-state index is 11.4. The fraction of sp³-hybridized carbons (Fsp3) is 0.818. The van der Waals surface area contributed by atoms with Crippen molar-refractivity contribution in [2.45, 2.75) is 38.9 Å². The van der Waals surface area contributed by atoms with Crippen molar-refractivity contribution in [1.29, 1.82) is 0 Å². The zero-order valence-electron chi connectivity index (χ0n) is 10.4. The van der Waals surface area contributed by atoms with Crippen molar-refractivity contribution in [1.82, 2.24) is 4.90 Å². The molecule has 0 spiro atoms. The maximum Gasteiger partial charge on any atom is 0.407 e. The normalized spacial score (nSPS) is 20.4. The number of rotatable bonds is 3. The van der Waals surface area contributed by atoms with Gasteiger partial charge in [0.25, 0.3) is 0 Å². The van der Waals surface area contributed by atoms with Gasteiger partial charge in [-0.15, -0.1) is 0 Å². The van der Waals surface area contributed by atoms with Gasteiger partial charge in [0, 0.05) is 6.54 Å². The van der Waals surface area contributed by atoms with Crippen LogP contribution in [0.15, 0.2) is 0 Å². The Morgan fingerprint density at radius 3 is 2.53 bits per heavy atom. The largest absolute Gasteiger partial charge is 0.465 e. The summed E-state index contributed by atoms with van der Waals surface area (Å²) in [5.74, 6) is -0.425. The molecule has 17 heavy (non-hydrogen) atoms. The second-order valence-corrected chi connectivity index (χ2v) is 5.04. The summed E-state index contributed by atoms with van der Waals surface area (Å²) in [6.45, 7) is 5.99. The van der Waals surface area contributed by atoms with E-state index in [4.69, 9.17) is 14.6 Å². The summed E-state index contributed by atoms with van der Waals surface area (Å²) in [6, 6.07) is 0. The van der Waals surface area contributed by atoms with E-state index in [0.29, 0.717) is 19.5 Å². The molecule has 0 aromatic rings. The van der Waals surface area contributed by atoms with Gasteiger partial charge in [-0.25, -0.2) is 9.59 Å². The molecule has 1 aliphatic heterocycles. The lowest BCUT2D eigenvalue weighted by molar-refractivity contribution is -0.162. The van der Waals surface area contributed by atoms with Crippen LogP contribution in [0, 0.1) is 0 Å². The minimum Gasteiger partial charge on any atom is -0.465 e. The summed E-state index contributed by atoms with van der Waals surface area (Å²) < 4.78 is 10.4. The van der Waals surface area contributed by atoms with Gasteiger partial charge in [-0.05, 0) is 27.2 Å². The molecule has 0 aromatic carbocycles. The average molecular weight is 245 g/mol. The number of carboxylic acid groups (broad SMARTS) is 1. The van der Waals surface area contributed by atoms with E-state index in [9.17, 15) is 9.59 Å². The number of hydrogen-bond acceptors (Lipinski definition) is 4. The smallest absolute Gasteiger partial charge is 0.407 e. The van der Waals surface area contributed by atoms with Gasteiger partial charge < -0.3 is 19.5 Å². The third-order valence-corrected chi connectivity index (χ3v) is 2.27. The van der Waals surface area contributed by atoms with Crippen LogP contribution in [0.4, 0.5) is 4.79 Å². The highest BCUT2D eigenvalue weighted by Crippen LogP contribution is 2.13. The Bertz CT molecular complexity index is 297. The van der Waals surface area contributed by atoms with Gasteiger partial charge in [0.1, 0.15) is 12.2 Å². The molecule has 0 unspecified atom stereocenters. The van der Waals surface area contributed by atoms with Gasteiger partial charge in [-0.1, -0.05) is 0 Å². The van der Waals surface area contributed by atoms with Crippen LogP contribution in [0.5, 0.6) is 0 Å². The molecule has 1 rings (SSSR count). The summed E-state index contributed by atoms with van der Waals surface area (Å²) in [7, 11) is 0. The third-order valence-electron chi connectivity index (χ3n) is 2.27. The Balaban J connectivity index is 2.24. The Labute approximate surface area is 100 Å². The van der Waals surface area contributed by atoms with Crippen molar-refractivity contribution in [3.8, 4) is 0 Å². The molecule has 0 saturated carbocycles. The maximum atomic E-state index is 11.4. The lowest BCUT2D eigenvalue weighted by Gasteiger charge is -2.20. The van der Waals surface area contributed by atoms with E-state index in [1.54, 1.807) is 20.8 Å². The lowest BCUT2D eigenvalue weighted by atomic mass is 10.2. The van der Waals surface area contributed by atoms with Gasteiger partial charge in [0.15, 0.2) is 0 Å². The van der Waals surface area contributed by atoms with Crippen molar-refractivity contribution in [2.24, 2.45) is 0 Å². The topological polar surface area (TPSA) is 76.1 Å². The molecular weight excluding hydrogens is 226 g/mol. The highest BCUT2D eigenvalue weighted by Gasteiger charge is 2.27. The fourth-order valence-electron chi connectivity index (χ4n) is 1.59.